The van der Waals surface area contributed by atoms with Crippen molar-refractivity contribution in [2.24, 2.45) is 0 Å². The standard InChI is InChI=1S/C7H5NS/c1-8-6-3-2-4-7(9)5-6/h2-5,9H. The Hall–Kier alpha value is -0.940. The van der Waals surface area contributed by atoms with E-state index in [1.165, 1.54) is 0 Å². The van der Waals surface area contributed by atoms with Crippen molar-refractivity contribution >= 4 is 18.3 Å². The lowest BCUT2D eigenvalue weighted by atomic mass is 10.3. The van der Waals surface area contributed by atoms with Crippen LogP contribution in [-0.2, 0) is 0 Å². The summed E-state index contributed by atoms with van der Waals surface area (Å²) in [5.74, 6) is 0. The third-order valence-electron chi connectivity index (χ3n) is 0.959. The summed E-state index contributed by atoms with van der Waals surface area (Å²) in [5, 5.41) is 0. The fourth-order valence-electron chi connectivity index (χ4n) is 0.563. The van der Waals surface area contributed by atoms with Gasteiger partial charge in [-0.3, -0.25) is 0 Å². The van der Waals surface area contributed by atoms with Crippen LogP contribution in [0.5, 0.6) is 0 Å². The van der Waals surface area contributed by atoms with Crippen LogP contribution in [0.15, 0.2) is 29.2 Å². The zero-order chi connectivity index (χ0) is 6.69. The highest BCUT2D eigenvalue weighted by atomic mass is 32.1. The van der Waals surface area contributed by atoms with Crippen LogP contribution in [0.2, 0.25) is 0 Å². The van der Waals surface area contributed by atoms with E-state index >= 15 is 0 Å². The number of benzene rings is 1. The summed E-state index contributed by atoms with van der Waals surface area (Å²) >= 11 is 4.06. The molecule has 0 saturated heterocycles. The van der Waals surface area contributed by atoms with E-state index in [1.54, 1.807) is 12.1 Å². The van der Waals surface area contributed by atoms with Gasteiger partial charge in [-0.1, -0.05) is 18.2 Å². The van der Waals surface area contributed by atoms with Gasteiger partial charge in [-0.25, -0.2) is 4.85 Å². The Bertz CT molecular complexity index is 249. The van der Waals surface area contributed by atoms with E-state index in [4.69, 9.17) is 6.57 Å². The van der Waals surface area contributed by atoms with E-state index < -0.39 is 0 Å². The van der Waals surface area contributed by atoms with Crippen molar-refractivity contribution in [3.8, 4) is 0 Å². The van der Waals surface area contributed by atoms with E-state index in [0.717, 1.165) is 4.90 Å². The lowest BCUT2D eigenvalue weighted by Gasteiger charge is -1.88. The predicted molar refractivity (Wildman–Crippen MR) is 40.0 cm³/mol. The Kier molecular flexibility index (Phi) is 1.76. The van der Waals surface area contributed by atoms with Gasteiger partial charge in [0.25, 0.3) is 0 Å². The number of rotatable bonds is 0. The average Bonchev–Trinajstić information content (AvgIpc) is 1.88. The first kappa shape index (κ1) is 6.18. The molecule has 0 radical (unpaired) electrons. The quantitative estimate of drug-likeness (QED) is 0.412. The summed E-state index contributed by atoms with van der Waals surface area (Å²) < 4.78 is 0. The molecule has 0 saturated carbocycles. The molecular weight excluding hydrogens is 130 g/mol. The van der Waals surface area contributed by atoms with Gasteiger partial charge in [0.1, 0.15) is 0 Å². The van der Waals surface area contributed by atoms with Crippen molar-refractivity contribution in [1.29, 1.82) is 0 Å². The monoisotopic (exact) mass is 135 g/mol. The van der Waals surface area contributed by atoms with Gasteiger partial charge in [-0.2, -0.15) is 0 Å². The second-order valence-corrected chi connectivity index (χ2v) is 2.15. The van der Waals surface area contributed by atoms with E-state index in [-0.39, 0.29) is 0 Å². The molecule has 0 unspecified atom stereocenters. The Morgan fingerprint density at radius 3 is 2.67 bits per heavy atom. The summed E-state index contributed by atoms with van der Waals surface area (Å²) in [6.07, 6.45) is 0. The van der Waals surface area contributed by atoms with Crippen LogP contribution in [0, 0.1) is 6.57 Å². The first-order chi connectivity index (χ1) is 4.33. The molecule has 0 aliphatic heterocycles. The smallest absolute Gasteiger partial charge is 0.188 e. The lowest BCUT2D eigenvalue weighted by molar-refractivity contribution is 1.49. The highest BCUT2D eigenvalue weighted by molar-refractivity contribution is 7.80. The number of hydrogen-bond acceptors (Lipinski definition) is 1. The van der Waals surface area contributed by atoms with Crippen molar-refractivity contribution in [2.45, 2.75) is 4.90 Å². The molecule has 0 aromatic heterocycles. The summed E-state index contributed by atoms with van der Waals surface area (Å²) in [6, 6.07) is 7.15. The third-order valence-corrected chi connectivity index (χ3v) is 1.24. The Balaban J connectivity index is 3.12. The van der Waals surface area contributed by atoms with Crippen LogP contribution >= 0.6 is 12.6 Å². The maximum Gasteiger partial charge on any atom is 0.188 e. The molecular formula is C7H5NS. The summed E-state index contributed by atoms with van der Waals surface area (Å²) in [6.45, 7) is 6.63. The first-order valence-corrected chi connectivity index (χ1v) is 2.94. The fraction of sp³-hybridized carbons (Fsp3) is 0. The van der Waals surface area contributed by atoms with Gasteiger partial charge in [0.2, 0.25) is 0 Å². The highest BCUT2D eigenvalue weighted by Crippen LogP contribution is 2.15. The molecule has 1 aromatic rings. The molecule has 2 heteroatoms. The van der Waals surface area contributed by atoms with Crippen LogP contribution < -0.4 is 0 Å². The third kappa shape index (κ3) is 1.48. The normalized spacial score (nSPS) is 8.44. The minimum absolute atomic E-state index is 0.641. The molecule has 1 rings (SSSR count). The highest BCUT2D eigenvalue weighted by Gasteiger charge is 1.86. The molecule has 44 valence electrons. The average molecular weight is 135 g/mol. The van der Waals surface area contributed by atoms with Crippen LogP contribution in [0.1, 0.15) is 0 Å². The first-order valence-electron chi connectivity index (χ1n) is 2.49. The number of nitrogens with zero attached hydrogens (tertiary/aromatic N) is 1. The Morgan fingerprint density at radius 2 is 2.22 bits per heavy atom. The summed E-state index contributed by atoms with van der Waals surface area (Å²) in [7, 11) is 0. The van der Waals surface area contributed by atoms with Gasteiger partial charge >= 0.3 is 0 Å². The molecule has 0 aliphatic rings. The van der Waals surface area contributed by atoms with Gasteiger partial charge in [0, 0.05) is 0 Å². The molecule has 1 nitrogen and oxygen atoms in total. The van der Waals surface area contributed by atoms with Gasteiger partial charge in [-0.05, 0) is 11.0 Å². The van der Waals surface area contributed by atoms with Gasteiger partial charge < -0.3 is 0 Å². The van der Waals surface area contributed by atoms with Crippen molar-refractivity contribution in [1.82, 2.24) is 0 Å². The maximum absolute atomic E-state index is 6.63. The van der Waals surface area contributed by atoms with E-state index in [1.807, 2.05) is 12.1 Å². The zero-order valence-corrected chi connectivity index (χ0v) is 5.60. The van der Waals surface area contributed by atoms with Gasteiger partial charge in [0.15, 0.2) is 5.69 Å². The largest absolute Gasteiger partial charge is 0.238 e. The molecule has 0 fully saturated rings. The molecule has 0 spiro atoms. The molecule has 0 aliphatic carbocycles. The number of hydrogen-bond donors (Lipinski definition) is 1. The topological polar surface area (TPSA) is 4.36 Å². The minimum atomic E-state index is 0.641. The number of thiol groups is 1. The van der Waals surface area contributed by atoms with E-state index in [9.17, 15) is 0 Å². The molecule has 0 bridgehead atoms. The Labute approximate surface area is 59.6 Å². The molecule has 1 aromatic carbocycles. The molecule has 0 heterocycles. The predicted octanol–water partition coefficient (Wildman–Crippen LogP) is 2.53. The van der Waals surface area contributed by atoms with Crippen LogP contribution in [-0.4, -0.2) is 0 Å². The summed E-state index contributed by atoms with van der Waals surface area (Å²) in [4.78, 5) is 4.07. The fourth-order valence-corrected chi connectivity index (χ4v) is 0.781. The SMILES string of the molecule is [C-]#[N+]c1cccc(S)c1. The van der Waals surface area contributed by atoms with Crippen LogP contribution in [0.25, 0.3) is 4.85 Å². The molecule has 0 N–H and O–H groups in total. The van der Waals surface area contributed by atoms with Crippen LogP contribution in [0.4, 0.5) is 5.69 Å². The van der Waals surface area contributed by atoms with Crippen molar-refractivity contribution in [3.05, 3.63) is 35.7 Å². The van der Waals surface area contributed by atoms with Crippen LogP contribution in [0.3, 0.4) is 0 Å². The van der Waals surface area contributed by atoms with E-state index in [0.29, 0.717) is 5.69 Å². The molecule has 0 atom stereocenters. The zero-order valence-electron chi connectivity index (χ0n) is 4.70. The Morgan fingerprint density at radius 1 is 1.44 bits per heavy atom. The van der Waals surface area contributed by atoms with Gasteiger partial charge in [-0.15, -0.1) is 12.6 Å². The molecule has 0 amide bonds. The van der Waals surface area contributed by atoms with Crippen molar-refractivity contribution in [2.75, 3.05) is 0 Å². The lowest BCUT2D eigenvalue weighted by Crippen LogP contribution is -1.61. The second kappa shape index (κ2) is 2.56. The molecule has 9 heavy (non-hydrogen) atoms. The van der Waals surface area contributed by atoms with Crippen molar-refractivity contribution < 1.29 is 0 Å². The van der Waals surface area contributed by atoms with Gasteiger partial charge in [0.05, 0.1) is 6.57 Å². The maximum atomic E-state index is 6.63. The van der Waals surface area contributed by atoms with E-state index in [2.05, 4.69) is 17.5 Å². The second-order valence-electron chi connectivity index (χ2n) is 1.63. The van der Waals surface area contributed by atoms with Crippen molar-refractivity contribution in [3.63, 3.8) is 0 Å². The minimum Gasteiger partial charge on any atom is -0.238 e. The summed E-state index contributed by atoms with van der Waals surface area (Å²) in [5.41, 5.74) is 0.641.